The van der Waals surface area contributed by atoms with Crippen molar-refractivity contribution in [3.05, 3.63) is 77.1 Å². The van der Waals surface area contributed by atoms with Crippen LogP contribution in [0.15, 0.2) is 54.7 Å². The summed E-state index contributed by atoms with van der Waals surface area (Å²) in [6.07, 6.45) is 6.91. The molecule has 0 spiro atoms. The van der Waals surface area contributed by atoms with Crippen molar-refractivity contribution in [2.24, 2.45) is 0 Å². The molecule has 3 rings (SSSR count). The first-order chi connectivity index (χ1) is 16.6. The van der Waals surface area contributed by atoms with Crippen LogP contribution in [0.4, 0.5) is 4.79 Å². The Bertz CT molecular complexity index is 1100. The summed E-state index contributed by atoms with van der Waals surface area (Å²) in [5, 5.41) is 8.66. The number of hydrogen-bond donors (Lipinski definition) is 1. The molecule has 2 aromatic rings. The molecule has 8 nitrogen and oxygen atoms in total. The zero-order chi connectivity index (χ0) is 25.4. The fourth-order valence-electron chi connectivity index (χ4n) is 3.49. The molecular weight excluding hydrogens is 485 g/mol. The molecule has 1 aliphatic rings. The van der Waals surface area contributed by atoms with Crippen LogP contribution < -0.4 is 51.4 Å². The number of allylic oxidation sites excluding steroid dienone is 1. The molecule has 1 N–H and O–H groups in total. The number of rotatable bonds is 7. The Morgan fingerprint density at radius 3 is 2.22 bits per heavy atom. The summed E-state index contributed by atoms with van der Waals surface area (Å²) in [5.41, 5.74) is 2.47. The van der Waals surface area contributed by atoms with Crippen LogP contribution in [-0.4, -0.2) is 69.5 Å². The molecule has 1 aromatic heterocycles. The third-order valence-corrected chi connectivity index (χ3v) is 5.30. The zero-order valence-corrected chi connectivity index (χ0v) is 24.4. The minimum atomic E-state index is -1.03. The van der Waals surface area contributed by atoms with Crippen LogP contribution in [0.2, 0.25) is 0 Å². The number of carbonyl (C=O) groups is 3. The summed E-state index contributed by atoms with van der Waals surface area (Å²) in [4.78, 5) is 43.5. The third-order valence-electron chi connectivity index (χ3n) is 5.30. The minimum Gasteiger partial charge on any atom is -1.00 e. The van der Waals surface area contributed by atoms with Crippen LogP contribution in [0.1, 0.15) is 49.4 Å². The minimum absolute atomic E-state index is 0. The maximum Gasteiger partial charge on any atom is 1.00 e. The van der Waals surface area contributed by atoms with Gasteiger partial charge in [0.15, 0.2) is 5.78 Å². The number of amides is 1. The van der Waals surface area contributed by atoms with Crippen LogP contribution in [-0.2, 0) is 16.1 Å². The Morgan fingerprint density at radius 1 is 1.00 bits per heavy atom. The van der Waals surface area contributed by atoms with Crippen LogP contribution in [0, 0.1) is 0 Å². The monoisotopic (exact) mass is 517 g/mol. The first kappa shape index (κ1) is 30.1. The van der Waals surface area contributed by atoms with E-state index in [0.717, 1.165) is 36.8 Å². The van der Waals surface area contributed by atoms with Crippen LogP contribution >= 0.6 is 0 Å². The van der Waals surface area contributed by atoms with Crippen molar-refractivity contribution in [3.8, 4) is 0 Å². The smallest absolute Gasteiger partial charge is 1.00 e. The number of carboxylic acids is 1. The van der Waals surface area contributed by atoms with Crippen molar-refractivity contribution in [2.75, 3.05) is 26.2 Å². The molecular formula is C27H32KN3O5. The van der Waals surface area contributed by atoms with E-state index in [1.807, 2.05) is 45.0 Å². The number of ketones is 1. The molecule has 186 valence electrons. The molecule has 9 heteroatoms. The number of pyridine rings is 1. The van der Waals surface area contributed by atoms with Gasteiger partial charge in [-0.25, -0.2) is 9.59 Å². The van der Waals surface area contributed by atoms with Crippen LogP contribution in [0.25, 0.3) is 12.2 Å². The van der Waals surface area contributed by atoms with E-state index in [9.17, 15) is 14.4 Å². The fraction of sp³-hybridized carbons (Fsp3) is 0.333. The van der Waals surface area contributed by atoms with E-state index in [1.54, 1.807) is 29.3 Å². The average molecular weight is 518 g/mol. The Balaban J connectivity index is 0.00000342. The number of carboxylic acid groups (broad SMARTS) is 1. The van der Waals surface area contributed by atoms with Gasteiger partial charge in [0.2, 0.25) is 0 Å². The molecule has 1 aromatic carbocycles. The number of hydrogen-bond acceptors (Lipinski definition) is 6. The number of piperazine rings is 1. The second-order valence-corrected chi connectivity index (χ2v) is 9.33. The number of aromatic nitrogens is 1. The van der Waals surface area contributed by atoms with Crippen molar-refractivity contribution in [1.29, 1.82) is 0 Å². The van der Waals surface area contributed by atoms with E-state index in [1.165, 1.54) is 12.2 Å². The number of carbonyl (C=O) groups excluding carboxylic acids is 2. The molecule has 0 aliphatic carbocycles. The third kappa shape index (κ3) is 10.1. The molecule has 1 saturated heterocycles. The van der Waals surface area contributed by atoms with Gasteiger partial charge in [-0.1, -0.05) is 30.3 Å². The van der Waals surface area contributed by atoms with Gasteiger partial charge >= 0.3 is 63.4 Å². The van der Waals surface area contributed by atoms with E-state index in [-0.39, 0.29) is 64.7 Å². The summed E-state index contributed by atoms with van der Waals surface area (Å²) in [5.74, 6) is -1.15. The second-order valence-electron chi connectivity index (χ2n) is 9.33. The average Bonchev–Trinajstić information content (AvgIpc) is 2.81. The molecule has 0 saturated carbocycles. The van der Waals surface area contributed by atoms with Crippen molar-refractivity contribution < 1.29 is 77.0 Å². The van der Waals surface area contributed by atoms with Gasteiger partial charge in [-0.15, -0.1) is 0 Å². The number of ether oxygens (including phenoxy) is 1. The Kier molecular flexibility index (Phi) is 11.7. The zero-order valence-electron chi connectivity index (χ0n) is 22.3. The molecule has 0 atom stereocenters. The van der Waals surface area contributed by atoms with E-state index >= 15 is 0 Å². The Labute approximate surface area is 255 Å². The summed E-state index contributed by atoms with van der Waals surface area (Å²) in [6, 6.07) is 11.0. The first-order valence-corrected chi connectivity index (χ1v) is 11.5. The summed E-state index contributed by atoms with van der Waals surface area (Å²) in [7, 11) is 0. The molecule has 0 radical (unpaired) electrons. The van der Waals surface area contributed by atoms with Crippen molar-refractivity contribution >= 4 is 30.0 Å². The number of nitrogens with zero attached hydrogens (tertiary/aromatic N) is 3. The summed E-state index contributed by atoms with van der Waals surface area (Å²) < 4.78 is 5.44. The van der Waals surface area contributed by atoms with Crippen molar-refractivity contribution in [1.82, 2.24) is 14.8 Å². The molecule has 1 aliphatic heterocycles. The fourth-order valence-corrected chi connectivity index (χ4v) is 3.49. The van der Waals surface area contributed by atoms with E-state index in [4.69, 9.17) is 9.84 Å². The van der Waals surface area contributed by atoms with E-state index in [2.05, 4.69) is 9.88 Å². The SMILES string of the molecule is CC(C)(C)OC(=O)N1CCN(Cc2ccc(C(=O)/C=C/c3ccc(/C=C/C(=O)O)nc3)cc2)CC1.[H-].[K+]. The molecule has 1 fully saturated rings. The predicted molar refractivity (Wildman–Crippen MR) is 135 cm³/mol. The van der Waals surface area contributed by atoms with Gasteiger partial charge in [-0.3, -0.25) is 14.7 Å². The van der Waals surface area contributed by atoms with Crippen LogP contribution in [0.3, 0.4) is 0 Å². The molecule has 0 unspecified atom stereocenters. The quantitative estimate of drug-likeness (QED) is 0.335. The maximum absolute atomic E-state index is 12.5. The first-order valence-electron chi connectivity index (χ1n) is 11.5. The topological polar surface area (TPSA) is 100 Å². The van der Waals surface area contributed by atoms with Crippen molar-refractivity contribution in [2.45, 2.75) is 32.9 Å². The van der Waals surface area contributed by atoms with E-state index in [0.29, 0.717) is 24.3 Å². The van der Waals surface area contributed by atoms with Gasteiger partial charge in [0.05, 0.1) is 5.69 Å². The second kappa shape index (κ2) is 14.0. The summed E-state index contributed by atoms with van der Waals surface area (Å²) >= 11 is 0. The molecule has 1 amide bonds. The number of benzene rings is 1. The van der Waals surface area contributed by atoms with Gasteiger partial charge in [-0.2, -0.15) is 0 Å². The largest absolute Gasteiger partial charge is 1.00 e. The van der Waals surface area contributed by atoms with Gasteiger partial charge in [-0.05, 0) is 56.2 Å². The predicted octanol–water partition coefficient (Wildman–Crippen LogP) is 1.24. The van der Waals surface area contributed by atoms with E-state index < -0.39 is 11.6 Å². The van der Waals surface area contributed by atoms with Gasteiger partial charge in [0.1, 0.15) is 5.60 Å². The molecule has 0 bridgehead atoms. The standard InChI is InChI=1S/C27H31N3O5.K.H/c1-27(2,3)35-26(34)30-16-14-29(15-17-30)19-21-4-8-22(9-5-21)24(31)12-7-20-6-10-23(28-18-20)11-13-25(32)33;;/h4-13,18H,14-17,19H2,1-3H3,(H,32,33);;/q;+1;-1/b12-7+,13-11+;;. The molecule has 36 heavy (non-hydrogen) atoms. The Morgan fingerprint density at radius 2 is 1.67 bits per heavy atom. The normalized spacial score (nSPS) is 14.6. The van der Waals surface area contributed by atoms with Gasteiger partial charge in [0.25, 0.3) is 0 Å². The number of aliphatic carboxylic acids is 1. The molecule has 2 heterocycles. The maximum atomic E-state index is 12.5. The summed E-state index contributed by atoms with van der Waals surface area (Å²) in [6.45, 7) is 9.13. The Hall–Kier alpha value is -2.14. The van der Waals surface area contributed by atoms with Crippen LogP contribution in [0.5, 0.6) is 0 Å². The van der Waals surface area contributed by atoms with Crippen molar-refractivity contribution in [3.63, 3.8) is 0 Å². The van der Waals surface area contributed by atoms with Gasteiger partial charge in [0, 0.05) is 50.6 Å². The van der Waals surface area contributed by atoms with Gasteiger partial charge < -0.3 is 16.2 Å².